The van der Waals surface area contributed by atoms with E-state index in [1.165, 1.54) is 19.2 Å². The SMILES string of the molecule is COC(=O)c1ccc(C=O)[nH]1. The van der Waals surface area contributed by atoms with Gasteiger partial charge in [-0.15, -0.1) is 0 Å². The van der Waals surface area contributed by atoms with Crippen LogP contribution < -0.4 is 0 Å². The molecule has 58 valence electrons. The highest BCUT2D eigenvalue weighted by Crippen LogP contribution is 2.00. The van der Waals surface area contributed by atoms with Gasteiger partial charge in [-0.2, -0.15) is 0 Å². The van der Waals surface area contributed by atoms with Gasteiger partial charge in [-0.1, -0.05) is 0 Å². The van der Waals surface area contributed by atoms with Gasteiger partial charge >= 0.3 is 5.97 Å². The van der Waals surface area contributed by atoms with Gasteiger partial charge in [-0.3, -0.25) is 4.79 Å². The molecule has 1 heterocycles. The highest BCUT2D eigenvalue weighted by molar-refractivity contribution is 5.89. The zero-order chi connectivity index (χ0) is 8.27. The second-order valence-electron chi connectivity index (χ2n) is 1.94. The van der Waals surface area contributed by atoms with Gasteiger partial charge < -0.3 is 9.72 Å². The number of methoxy groups -OCH3 is 1. The van der Waals surface area contributed by atoms with Gasteiger partial charge in [0.25, 0.3) is 0 Å². The van der Waals surface area contributed by atoms with Crippen LogP contribution >= 0.6 is 0 Å². The number of hydrogen-bond donors (Lipinski definition) is 1. The number of aldehydes is 1. The Morgan fingerprint density at radius 3 is 2.82 bits per heavy atom. The van der Waals surface area contributed by atoms with E-state index >= 15 is 0 Å². The highest BCUT2D eigenvalue weighted by Gasteiger charge is 2.06. The van der Waals surface area contributed by atoms with E-state index in [2.05, 4.69) is 9.72 Å². The second-order valence-corrected chi connectivity index (χ2v) is 1.94. The van der Waals surface area contributed by atoms with E-state index in [9.17, 15) is 9.59 Å². The van der Waals surface area contributed by atoms with Crippen LogP contribution in [0.1, 0.15) is 21.0 Å². The first-order chi connectivity index (χ1) is 5.27. The van der Waals surface area contributed by atoms with Crippen molar-refractivity contribution >= 4 is 12.3 Å². The van der Waals surface area contributed by atoms with Gasteiger partial charge in [0.05, 0.1) is 12.8 Å². The number of carbonyl (C=O) groups is 2. The van der Waals surface area contributed by atoms with E-state index in [0.717, 1.165) is 0 Å². The third-order valence-electron chi connectivity index (χ3n) is 1.24. The first kappa shape index (κ1) is 7.53. The molecule has 1 rings (SSSR count). The predicted octanol–water partition coefficient (Wildman–Crippen LogP) is 0.614. The van der Waals surface area contributed by atoms with Crippen molar-refractivity contribution in [2.24, 2.45) is 0 Å². The molecule has 0 unspecified atom stereocenters. The summed E-state index contributed by atoms with van der Waals surface area (Å²) in [4.78, 5) is 23.5. The molecule has 0 atom stereocenters. The fraction of sp³-hybridized carbons (Fsp3) is 0.143. The molecular weight excluding hydrogens is 146 g/mol. The Morgan fingerprint density at radius 1 is 1.64 bits per heavy atom. The molecule has 0 radical (unpaired) electrons. The molecule has 0 spiro atoms. The van der Waals surface area contributed by atoms with E-state index in [1.54, 1.807) is 0 Å². The highest BCUT2D eigenvalue weighted by atomic mass is 16.5. The molecule has 1 aromatic heterocycles. The molecule has 0 amide bonds. The average molecular weight is 153 g/mol. The molecule has 4 nitrogen and oxygen atoms in total. The Morgan fingerprint density at radius 2 is 2.36 bits per heavy atom. The summed E-state index contributed by atoms with van der Waals surface area (Å²) in [5, 5.41) is 0. The number of esters is 1. The normalized spacial score (nSPS) is 9.18. The minimum Gasteiger partial charge on any atom is -0.464 e. The van der Waals surface area contributed by atoms with Gasteiger partial charge in [-0.25, -0.2) is 4.79 Å². The monoisotopic (exact) mass is 153 g/mol. The molecule has 1 aromatic rings. The van der Waals surface area contributed by atoms with Crippen molar-refractivity contribution in [2.45, 2.75) is 0 Å². The van der Waals surface area contributed by atoms with Gasteiger partial charge in [-0.05, 0) is 12.1 Å². The summed E-state index contributed by atoms with van der Waals surface area (Å²) in [6.07, 6.45) is 0.631. The van der Waals surface area contributed by atoms with Crippen LogP contribution in [0.15, 0.2) is 12.1 Å². The largest absolute Gasteiger partial charge is 0.464 e. The van der Waals surface area contributed by atoms with Crippen molar-refractivity contribution in [2.75, 3.05) is 7.11 Å². The Bertz CT molecular complexity index is 277. The van der Waals surface area contributed by atoms with Gasteiger partial charge in [0.15, 0.2) is 6.29 Å². The zero-order valence-electron chi connectivity index (χ0n) is 5.96. The van der Waals surface area contributed by atoms with E-state index < -0.39 is 5.97 Å². The molecule has 4 heteroatoms. The van der Waals surface area contributed by atoms with Crippen molar-refractivity contribution < 1.29 is 14.3 Å². The fourth-order valence-electron chi connectivity index (χ4n) is 0.710. The van der Waals surface area contributed by atoms with Crippen LogP contribution in [0.3, 0.4) is 0 Å². The summed E-state index contributed by atoms with van der Waals surface area (Å²) < 4.78 is 4.41. The van der Waals surface area contributed by atoms with Crippen LogP contribution in [-0.2, 0) is 4.74 Å². The van der Waals surface area contributed by atoms with Gasteiger partial charge in [0.2, 0.25) is 0 Å². The molecule has 0 aliphatic heterocycles. The summed E-state index contributed by atoms with van der Waals surface area (Å²) in [6, 6.07) is 3.01. The Kier molecular flexibility index (Phi) is 2.06. The van der Waals surface area contributed by atoms with Crippen LogP contribution in [0.4, 0.5) is 0 Å². The zero-order valence-corrected chi connectivity index (χ0v) is 5.96. The van der Waals surface area contributed by atoms with Crippen molar-refractivity contribution in [3.05, 3.63) is 23.5 Å². The summed E-state index contributed by atoms with van der Waals surface area (Å²) in [5.41, 5.74) is 0.653. The predicted molar refractivity (Wildman–Crippen MR) is 37.5 cm³/mol. The summed E-state index contributed by atoms with van der Waals surface area (Å²) in [5.74, 6) is -0.474. The summed E-state index contributed by atoms with van der Waals surface area (Å²) in [6.45, 7) is 0. The van der Waals surface area contributed by atoms with Crippen LogP contribution in [0.25, 0.3) is 0 Å². The number of nitrogens with one attached hydrogen (secondary N) is 1. The minimum atomic E-state index is -0.474. The maximum absolute atomic E-state index is 10.8. The summed E-state index contributed by atoms with van der Waals surface area (Å²) in [7, 11) is 1.28. The van der Waals surface area contributed by atoms with Crippen LogP contribution in [0.5, 0.6) is 0 Å². The number of aromatic amines is 1. The fourth-order valence-corrected chi connectivity index (χ4v) is 0.710. The van der Waals surface area contributed by atoms with Crippen molar-refractivity contribution in [1.82, 2.24) is 4.98 Å². The standard InChI is InChI=1S/C7H7NO3/c1-11-7(10)6-3-2-5(4-9)8-6/h2-4,8H,1H3. The van der Waals surface area contributed by atoms with Gasteiger partial charge in [0, 0.05) is 0 Å². The maximum Gasteiger partial charge on any atom is 0.354 e. The lowest BCUT2D eigenvalue weighted by atomic mass is 10.4. The molecule has 0 saturated heterocycles. The molecule has 0 saturated carbocycles. The number of H-pyrrole nitrogens is 1. The molecule has 0 aromatic carbocycles. The lowest BCUT2D eigenvalue weighted by Gasteiger charge is -1.92. The van der Waals surface area contributed by atoms with Crippen molar-refractivity contribution in [3.63, 3.8) is 0 Å². The minimum absolute atomic E-state index is 0.287. The number of carbonyl (C=O) groups excluding carboxylic acids is 2. The summed E-state index contributed by atoms with van der Waals surface area (Å²) >= 11 is 0. The lowest BCUT2D eigenvalue weighted by Crippen LogP contribution is -2.01. The lowest BCUT2D eigenvalue weighted by molar-refractivity contribution is 0.0595. The smallest absolute Gasteiger partial charge is 0.354 e. The average Bonchev–Trinajstić information content (AvgIpc) is 2.50. The molecule has 1 N–H and O–H groups in total. The Hall–Kier alpha value is -1.58. The number of rotatable bonds is 2. The first-order valence-corrected chi connectivity index (χ1v) is 3.00. The van der Waals surface area contributed by atoms with Gasteiger partial charge in [0.1, 0.15) is 5.69 Å². The molecular formula is C7H7NO3. The van der Waals surface area contributed by atoms with Crippen LogP contribution in [-0.4, -0.2) is 24.3 Å². The quantitative estimate of drug-likeness (QED) is 0.500. The Balaban J connectivity index is 2.88. The maximum atomic E-state index is 10.8. The third-order valence-corrected chi connectivity index (χ3v) is 1.24. The van der Waals surface area contributed by atoms with E-state index in [4.69, 9.17) is 0 Å². The topological polar surface area (TPSA) is 59.2 Å². The first-order valence-electron chi connectivity index (χ1n) is 3.00. The van der Waals surface area contributed by atoms with Crippen LogP contribution in [0.2, 0.25) is 0 Å². The Labute approximate surface area is 63.2 Å². The van der Waals surface area contributed by atoms with Crippen LogP contribution in [0, 0.1) is 0 Å². The second kappa shape index (κ2) is 3.01. The van der Waals surface area contributed by atoms with Crippen molar-refractivity contribution in [1.29, 1.82) is 0 Å². The van der Waals surface area contributed by atoms with E-state index in [-0.39, 0.29) is 5.69 Å². The number of aromatic nitrogens is 1. The van der Waals surface area contributed by atoms with E-state index in [0.29, 0.717) is 12.0 Å². The molecule has 0 aliphatic rings. The third kappa shape index (κ3) is 1.46. The number of ether oxygens (including phenoxy) is 1. The van der Waals surface area contributed by atoms with Crippen molar-refractivity contribution in [3.8, 4) is 0 Å². The number of hydrogen-bond acceptors (Lipinski definition) is 3. The molecule has 0 bridgehead atoms. The molecule has 0 fully saturated rings. The molecule has 11 heavy (non-hydrogen) atoms. The molecule has 0 aliphatic carbocycles. The van der Waals surface area contributed by atoms with E-state index in [1.807, 2.05) is 0 Å².